The molecule has 0 fully saturated rings. The van der Waals surface area contributed by atoms with Crippen LogP contribution in [0.25, 0.3) is 0 Å². The number of carbonyl (C=O) groups excluding carboxylic acids is 2. The maximum atomic E-state index is 12.5. The number of hydrogen-bond acceptors (Lipinski definition) is 4. The Kier molecular flexibility index (Phi) is 3.25. The van der Waals surface area contributed by atoms with Crippen LogP contribution in [0.1, 0.15) is 27.4 Å². The van der Waals surface area contributed by atoms with Gasteiger partial charge in [-0.3, -0.25) is 24.0 Å². The van der Waals surface area contributed by atoms with Gasteiger partial charge in [0.15, 0.2) is 5.92 Å². The number of imide groups is 1. The molecule has 1 atom stereocenters. The van der Waals surface area contributed by atoms with Crippen LogP contribution in [0.5, 0.6) is 0 Å². The first kappa shape index (κ1) is 14.0. The lowest BCUT2D eigenvalue weighted by atomic mass is 9.88. The second-order valence-electron chi connectivity index (χ2n) is 5.11. The maximum Gasteiger partial charge on any atom is 0.320 e. The van der Waals surface area contributed by atoms with Crippen molar-refractivity contribution in [2.24, 2.45) is 7.05 Å². The number of aliphatic carboxylic acids is 1. The Balaban J connectivity index is 2.03. The molecule has 2 amide bonds. The zero-order valence-electron chi connectivity index (χ0n) is 11.8. The van der Waals surface area contributed by atoms with Crippen molar-refractivity contribution in [1.29, 1.82) is 0 Å². The van der Waals surface area contributed by atoms with E-state index in [1.807, 2.05) is 0 Å². The molecular formula is C15H13N3O4. The minimum Gasteiger partial charge on any atom is -0.480 e. The second-order valence-corrected chi connectivity index (χ2v) is 5.11. The summed E-state index contributed by atoms with van der Waals surface area (Å²) in [4.78, 5) is 37.4. The van der Waals surface area contributed by atoms with E-state index in [0.29, 0.717) is 5.56 Å². The maximum absolute atomic E-state index is 12.5. The first-order valence-corrected chi connectivity index (χ1v) is 6.64. The Morgan fingerprint density at radius 1 is 1.32 bits per heavy atom. The normalized spacial score (nSPS) is 17.5. The van der Waals surface area contributed by atoms with Crippen molar-refractivity contribution in [1.82, 2.24) is 14.7 Å². The Hall–Kier alpha value is -2.96. The minimum absolute atomic E-state index is 0.00359. The third kappa shape index (κ3) is 2.16. The summed E-state index contributed by atoms with van der Waals surface area (Å²) in [5.74, 6) is -3.83. The fourth-order valence-electron chi connectivity index (χ4n) is 2.60. The van der Waals surface area contributed by atoms with Crippen LogP contribution in [0.4, 0.5) is 0 Å². The number of carbonyl (C=O) groups is 3. The highest BCUT2D eigenvalue weighted by Gasteiger charge is 2.42. The van der Waals surface area contributed by atoms with E-state index in [1.165, 1.54) is 18.3 Å². The number of carboxylic acids is 1. The molecule has 1 aliphatic rings. The van der Waals surface area contributed by atoms with Crippen LogP contribution in [0, 0.1) is 0 Å². The smallest absolute Gasteiger partial charge is 0.320 e. The van der Waals surface area contributed by atoms with Crippen LogP contribution in [-0.2, 0) is 23.2 Å². The zero-order valence-corrected chi connectivity index (χ0v) is 11.8. The fourth-order valence-corrected chi connectivity index (χ4v) is 2.60. The summed E-state index contributed by atoms with van der Waals surface area (Å²) in [6.45, 7) is 0.00359. The predicted molar refractivity (Wildman–Crippen MR) is 74.9 cm³/mol. The molecule has 0 saturated carbocycles. The number of benzene rings is 1. The Morgan fingerprint density at radius 3 is 2.68 bits per heavy atom. The van der Waals surface area contributed by atoms with Crippen molar-refractivity contribution in [3.05, 3.63) is 53.3 Å². The van der Waals surface area contributed by atoms with Gasteiger partial charge >= 0.3 is 5.97 Å². The molecule has 7 heteroatoms. The molecule has 1 unspecified atom stereocenters. The van der Waals surface area contributed by atoms with Crippen LogP contribution in [-0.4, -0.2) is 37.6 Å². The third-order valence-electron chi connectivity index (χ3n) is 3.61. The summed E-state index contributed by atoms with van der Waals surface area (Å²) in [5, 5.41) is 13.3. The number of hydrogen-bond donors (Lipinski definition) is 1. The van der Waals surface area contributed by atoms with Crippen molar-refractivity contribution < 1.29 is 19.5 Å². The van der Waals surface area contributed by atoms with E-state index >= 15 is 0 Å². The van der Waals surface area contributed by atoms with Crippen LogP contribution < -0.4 is 0 Å². The van der Waals surface area contributed by atoms with Gasteiger partial charge in [-0.2, -0.15) is 5.10 Å². The molecule has 0 saturated heterocycles. The van der Waals surface area contributed by atoms with Gasteiger partial charge in [0.05, 0.1) is 12.7 Å². The van der Waals surface area contributed by atoms with Crippen LogP contribution in [0.2, 0.25) is 0 Å². The van der Waals surface area contributed by atoms with Crippen molar-refractivity contribution in [3.8, 4) is 0 Å². The lowest BCUT2D eigenvalue weighted by Crippen LogP contribution is -2.46. The van der Waals surface area contributed by atoms with Gasteiger partial charge in [-0.15, -0.1) is 0 Å². The molecule has 112 valence electrons. The highest BCUT2D eigenvalue weighted by molar-refractivity contribution is 6.17. The first-order chi connectivity index (χ1) is 10.5. The van der Waals surface area contributed by atoms with Crippen molar-refractivity contribution in [3.63, 3.8) is 0 Å². The first-order valence-electron chi connectivity index (χ1n) is 6.64. The minimum atomic E-state index is -1.36. The molecule has 22 heavy (non-hydrogen) atoms. The average Bonchev–Trinajstić information content (AvgIpc) is 2.89. The van der Waals surface area contributed by atoms with Crippen LogP contribution >= 0.6 is 0 Å². The molecule has 1 aromatic heterocycles. The van der Waals surface area contributed by atoms with Gasteiger partial charge in [0.1, 0.15) is 0 Å². The van der Waals surface area contributed by atoms with E-state index in [0.717, 1.165) is 4.90 Å². The largest absolute Gasteiger partial charge is 0.480 e. The molecule has 2 aromatic rings. The van der Waals surface area contributed by atoms with E-state index in [1.54, 1.807) is 30.1 Å². The lowest BCUT2D eigenvalue weighted by Gasteiger charge is -2.30. The van der Waals surface area contributed by atoms with Gasteiger partial charge in [-0.1, -0.05) is 18.2 Å². The highest BCUT2D eigenvalue weighted by Crippen LogP contribution is 2.30. The topological polar surface area (TPSA) is 92.5 Å². The van der Waals surface area contributed by atoms with Gasteiger partial charge in [0, 0.05) is 24.4 Å². The summed E-state index contributed by atoms with van der Waals surface area (Å²) in [5.41, 5.74) is 1.15. The SMILES string of the molecule is Cn1cc(CN2C(=O)c3ccccc3C(C(=O)O)C2=O)cn1. The number of carboxylic acid groups (broad SMARTS) is 1. The van der Waals surface area contributed by atoms with Gasteiger partial charge in [-0.05, 0) is 11.6 Å². The molecular weight excluding hydrogens is 286 g/mol. The van der Waals surface area contributed by atoms with Crippen molar-refractivity contribution >= 4 is 17.8 Å². The monoisotopic (exact) mass is 299 g/mol. The summed E-state index contributed by atoms with van der Waals surface area (Å²) in [6, 6.07) is 6.31. The highest BCUT2D eigenvalue weighted by atomic mass is 16.4. The quantitative estimate of drug-likeness (QED) is 0.667. The van der Waals surface area contributed by atoms with E-state index in [4.69, 9.17) is 0 Å². The van der Waals surface area contributed by atoms with E-state index in [-0.39, 0.29) is 17.7 Å². The molecule has 2 heterocycles. The fraction of sp³-hybridized carbons (Fsp3) is 0.200. The van der Waals surface area contributed by atoms with Crippen LogP contribution in [0.15, 0.2) is 36.7 Å². The third-order valence-corrected chi connectivity index (χ3v) is 3.61. The standard InChI is InChI=1S/C15H13N3O4/c1-17-7-9(6-16-17)8-18-13(19)11-5-3-2-4-10(11)12(14(18)20)15(21)22/h2-7,12H,8H2,1H3,(H,21,22). The molecule has 3 rings (SSSR count). The van der Waals surface area contributed by atoms with Gasteiger partial charge in [-0.25, -0.2) is 0 Å². The number of fused-ring (bicyclic) bond motifs is 1. The van der Waals surface area contributed by atoms with Gasteiger partial charge in [0.2, 0.25) is 5.91 Å². The second kappa shape index (κ2) is 5.10. The molecule has 1 aliphatic heterocycles. The number of nitrogens with zero attached hydrogens (tertiary/aromatic N) is 3. The Morgan fingerprint density at radius 2 is 2.05 bits per heavy atom. The summed E-state index contributed by atoms with van der Waals surface area (Å²) in [6.07, 6.45) is 3.22. The molecule has 1 aromatic carbocycles. The zero-order chi connectivity index (χ0) is 15.9. The molecule has 7 nitrogen and oxygen atoms in total. The Labute approximate surface area is 125 Å². The number of rotatable bonds is 3. The van der Waals surface area contributed by atoms with Gasteiger partial charge < -0.3 is 5.11 Å². The summed E-state index contributed by atoms with van der Waals surface area (Å²) >= 11 is 0. The van der Waals surface area contributed by atoms with E-state index in [9.17, 15) is 19.5 Å². The molecule has 0 spiro atoms. The number of amides is 2. The molecule has 1 N–H and O–H groups in total. The summed E-state index contributed by atoms with van der Waals surface area (Å²) < 4.78 is 1.55. The molecule has 0 bridgehead atoms. The van der Waals surface area contributed by atoms with Crippen LogP contribution in [0.3, 0.4) is 0 Å². The van der Waals surface area contributed by atoms with E-state index < -0.39 is 23.7 Å². The Bertz CT molecular complexity index is 781. The average molecular weight is 299 g/mol. The lowest BCUT2D eigenvalue weighted by molar-refractivity contribution is -0.146. The van der Waals surface area contributed by atoms with Crippen molar-refractivity contribution in [2.75, 3.05) is 0 Å². The molecule has 0 radical (unpaired) electrons. The summed E-state index contributed by atoms with van der Waals surface area (Å²) in [7, 11) is 1.72. The van der Waals surface area contributed by atoms with E-state index in [2.05, 4.69) is 5.10 Å². The number of aromatic nitrogens is 2. The van der Waals surface area contributed by atoms with Gasteiger partial charge in [0.25, 0.3) is 5.91 Å². The molecule has 0 aliphatic carbocycles. The predicted octanol–water partition coefficient (Wildman–Crippen LogP) is 0.771. The number of aryl methyl sites for hydroxylation is 1. The van der Waals surface area contributed by atoms with Crippen molar-refractivity contribution in [2.45, 2.75) is 12.5 Å².